The first-order valence-corrected chi connectivity index (χ1v) is 9.73. The van der Waals surface area contributed by atoms with Crippen LogP contribution in [0.25, 0.3) is 0 Å². The van der Waals surface area contributed by atoms with Crippen molar-refractivity contribution >= 4 is 16.1 Å². The van der Waals surface area contributed by atoms with Gasteiger partial charge in [-0.1, -0.05) is 24.3 Å². The second kappa shape index (κ2) is 7.71. The molecule has 0 unspecified atom stereocenters. The lowest BCUT2D eigenvalue weighted by Crippen LogP contribution is -2.57. The molecular weight excluding hydrogens is 376 g/mol. The van der Waals surface area contributed by atoms with E-state index in [0.717, 1.165) is 4.31 Å². The van der Waals surface area contributed by atoms with Crippen molar-refractivity contribution in [2.24, 2.45) is 0 Å². The zero-order valence-corrected chi connectivity index (χ0v) is 15.3. The van der Waals surface area contributed by atoms with Crippen molar-refractivity contribution in [3.05, 3.63) is 71.3 Å². The van der Waals surface area contributed by atoms with E-state index in [1.807, 2.05) is 0 Å². The molecule has 1 fully saturated rings. The number of nitrogens with zero attached hydrogens (tertiary/aromatic N) is 1. The van der Waals surface area contributed by atoms with Crippen LogP contribution in [0.2, 0.25) is 0 Å². The third-order valence-corrected chi connectivity index (χ3v) is 6.12. The Labute approximate surface area is 156 Å². The highest BCUT2D eigenvalue weighted by Crippen LogP contribution is 2.28. The number of rotatable bonds is 4. The van der Waals surface area contributed by atoms with Gasteiger partial charge < -0.3 is 5.32 Å². The average molecular weight is 395 g/mol. The Morgan fingerprint density at radius 1 is 1.11 bits per heavy atom. The van der Waals surface area contributed by atoms with Gasteiger partial charge in [0.25, 0.3) is 10.2 Å². The number of hydrogen-bond acceptors (Lipinski definition) is 3. The maximum absolute atomic E-state index is 13.1. The molecule has 0 aromatic heterocycles. The van der Waals surface area contributed by atoms with Gasteiger partial charge in [0.2, 0.25) is 5.91 Å². The van der Waals surface area contributed by atoms with Gasteiger partial charge in [0.1, 0.15) is 17.7 Å². The molecule has 2 atom stereocenters. The fourth-order valence-corrected chi connectivity index (χ4v) is 4.21. The molecule has 0 saturated carbocycles. The minimum absolute atomic E-state index is 0.151. The molecule has 1 aliphatic heterocycles. The summed E-state index contributed by atoms with van der Waals surface area (Å²) in [5, 5.41) is 2.68. The van der Waals surface area contributed by atoms with E-state index in [0.29, 0.717) is 11.1 Å². The van der Waals surface area contributed by atoms with Crippen LogP contribution in [0.15, 0.2) is 48.5 Å². The lowest BCUT2D eigenvalue weighted by atomic mass is 9.99. The van der Waals surface area contributed by atoms with Gasteiger partial charge in [-0.05, 0) is 41.8 Å². The van der Waals surface area contributed by atoms with Crippen molar-refractivity contribution in [3.63, 3.8) is 0 Å². The number of hydrogen-bond donors (Lipinski definition) is 2. The molecule has 2 aromatic carbocycles. The summed E-state index contributed by atoms with van der Waals surface area (Å²) < 4.78 is 54.3. The van der Waals surface area contributed by atoms with Crippen LogP contribution < -0.4 is 10.0 Å². The van der Waals surface area contributed by atoms with Crippen molar-refractivity contribution in [1.82, 2.24) is 14.3 Å². The molecule has 0 radical (unpaired) electrons. The summed E-state index contributed by atoms with van der Waals surface area (Å²) in [4.78, 5) is 12.6. The minimum Gasteiger partial charge on any atom is -0.351 e. The second-order valence-electron chi connectivity index (χ2n) is 6.34. The zero-order chi connectivity index (χ0) is 19.6. The fraction of sp³-hybridized carbons (Fsp3) is 0.278. The first kappa shape index (κ1) is 19.4. The van der Waals surface area contributed by atoms with Gasteiger partial charge in [0, 0.05) is 19.6 Å². The molecule has 0 aliphatic carbocycles. The fourth-order valence-electron chi connectivity index (χ4n) is 2.93. The van der Waals surface area contributed by atoms with Crippen LogP contribution >= 0.6 is 0 Å². The van der Waals surface area contributed by atoms with Gasteiger partial charge >= 0.3 is 0 Å². The molecule has 0 bridgehead atoms. The van der Waals surface area contributed by atoms with Gasteiger partial charge in [0.15, 0.2) is 0 Å². The summed E-state index contributed by atoms with van der Waals surface area (Å²) >= 11 is 0. The number of halogens is 2. The largest absolute Gasteiger partial charge is 0.351 e. The SMILES string of the molecule is CN1[C@@H](C(=O)NCc2ccc(F)cc2)C[C@@H](c2ccc(F)cc2)NS1(=O)=O. The molecule has 1 amide bonds. The van der Waals surface area contributed by atoms with E-state index in [9.17, 15) is 22.0 Å². The Hall–Kier alpha value is -2.36. The molecule has 0 spiro atoms. The van der Waals surface area contributed by atoms with Gasteiger partial charge in [-0.15, -0.1) is 0 Å². The highest BCUT2D eigenvalue weighted by molar-refractivity contribution is 7.87. The van der Waals surface area contributed by atoms with Crippen LogP contribution in [0.1, 0.15) is 23.6 Å². The Kier molecular flexibility index (Phi) is 5.54. The van der Waals surface area contributed by atoms with E-state index in [4.69, 9.17) is 0 Å². The molecule has 3 rings (SSSR count). The Morgan fingerprint density at radius 3 is 2.26 bits per heavy atom. The summed E-state index contributed by atoms with van der Waals surface area (Å²) in [5.74, 6) is -1.27. The molecule has 1 heterocycles. The number of amides is 1. The predicted molar refractivity (Wildman–Crippen MR) is 95.6 cm³/mol. The van der Waals surface area contributed by atoms with Crippen LogP contribution in [-0.2, 0) is 21.5 Å². The van der Waals surface area contributed by atoms with E-state index in [2.05, 4.69) is 10.0 Å². The highest BCUT2D eigenvalue weighted by atomic mass is 32.2. The molecular formula is C18H19F2N3O3S. The maximum Gasteiger partial charge on any atom is 0.280 e. The minimum atomic E-state index is -3.87. The maximum atomic E-state index is 13.1. The second-order valence-corrected chi connectivity index (χ2v) is 8.10. The van der Waals surface area contributed by atoms with Crippen molar-refractivity contribution in [2.45, 2.75) is 25.0 Å². The number of carbonyl (C=O) groups excluding carboxylic acids is 1. The number of nitrogens with one attached hydrogen (secondary N) is 2. The molecule has 27 heavy (non-hydrogen) atoms. The highest BCUT2D eigenvalue weighted by Gasteiger charge is 2.40. The molecule has 1 saturated heterocycles. The van der Waals surface area contributed by atoms with Crippen LogP contribution in [0.3, 0.4) is 0 Å². The molecule has 9 heteroatoms. The van der Waals surface area contributed by atoms with E-state index >= 15 is 0 Å². The summed E-state index contributed by atoms with van der Waals surface area (Å²) in [6, 6.07) is 9.54. The van der Waals surface area contributed by atoms with E-state index in [1.54, 1.807) is 12.1 Å². The third-order valence-electron chi connectivity index (χ3n) is 4.52. The standard InChI is InChI=1S/C18H19F2N3O3S/c1-23-17(18(24)21-11-12-2-6-14(19)7-3-12)10-16(22-27(23,25)26)13-4-8-15(20)9-5-13/h2-9,16-17,22H,10-11H2,1H3,(H,21,24)/t16-,17+/m0/s1. The van der Waals surface area contributed by atoms with E-state index in [1.165, 1.54) is 43.4 Å². The summed E-state index contributed by atoms with van der Waals surface area (Å²) in [5.41, 5.74) is 1.27. The molecule has 6 nitrogen and oxygen atoms in total. The topological polar surface area (TPSA) is 78.5 Å². The quantitative estimate of drug-likeness (QED) is 0.830. The van der Waals surface area contributed by atoms with Crippen LogP contribution in [0.4, 0.5) is 8.78 Å². The summed E-state index contributed by atoms with van der Waals surface area (Å²) in [7, 11) is -2.55. The smallest absolute Gasteiger partial charge is 0.280 e. The summed E-state index contributed by atoms with van der Waals surface area (Å²) in [6.45, 7) is 0.151. The van der Waals surface area contributed by atoms with Crippen molar-refractivity contribution in [1.29, 1.82) is 0 Å². The normalized spacial score (nSPS) is 22.3. The monoisotopic (exact) mass is 395 g/mol. The number of benzene rings is 2. The van der Waals surface area contributed by atoms with Crippen LogP contribution in [0, 0.1) is 11.6 Å². The van der Waals surface area contributed by atoms with Crippen LogP contribution in [-0.4, -0.2) is 31.7 Å². The summed E-state index contributed by atoms with van der Waals surface area (Å²) in [6.07, 6.45) is 0.191. The van der Waals surface area contributed by atoms with Gasteiger partial charge in [-0.3, -0.25) is 4.79 Å². The molecule has 144 valence electrons. The Balaban J connectivity index is 1.74. The van der Waals surface area contributed by atoms with Gasteiger partial charge in [-0.25, -0.2) is 8.78 Å². The van der Waals surface area contributed by atoms with E-state index < -0.39 is 34.0 Å². The van der Waals surface area contributed by atoms with Gasteiger partial charge in [-0.2, -0.15) is 17.4 Å². The Bertz CT molecular complexity index is 918. The van der Waals surface area contributed by atoms with Crippen molar-refractivity contribution in [2.75, 3.05) is 7.05 Å². The lowest BCUT2D eigenvalue weighted by Gasteiger charge is -2.36. The zero-order valence-electron chi connectivity index (χ0n) is 14.5. The third kappa shape index (κ3) is 4.49. The number of likely N-dealkylation sites (N-methyl/N-ethyl adjacent to an activating group) is 1. The average Bonchev–Trinajstić information content (AvgIpc) is 2.63. The van der Waals surface area contributed by atoms with E-state index in [-0.39, 0.29) is 18.8 Å². The Morgan fingerprint density at radius 2 is 1.67 bits per heavy atom. The molecule has 1 aliphatic rings. The lowest BCUT2D eigenvalue weighted by molar-refractivity contribution is -0.125. The number of carbonyl (C=O) groups is 1. The van der Waals surface area contributed by atoms with Gasteiger partial charge in [0.05, 0.1) is 0 Å². The molecule has 2 N–H and O–H groups in total. The van der Waals surface area contributed by atoms with Crippen molar-refractivity contribution in [3.8, 4) is 0 Å². The van der Waals surface area contributed by atoms with Crippen LogP contribution in [0.5, 0.6) is 0 Å². The first-order chi connectivity index (χ1) is 12.8. The predicted octanol–water partition coefficient (Wildman–Crippen LogP) is 1.86. The van der Waals surface area contributed by atoms with Crippen molar-refractivity contribution < 1.29 is 22.0 Å². The molecule has 2 aromatic rings. The first-order valence-electron chi connectivity index (χ1n) is 8.29.